The Bertz CT molecular complexity index is 313. The second-order valence-corrected chi connectivity index (χ2v) is 3.55. The summed E-state index contributed by atoms with van der Waals surface area (Å²) in [5.74, 6) is -0.199. The van der Waals surface area contributed by atoms with E-state index in [9.17, 15) is 4.79 Å². The van der Waals surface area contributed by atoms with E-state index in [0.29, 0.717) is 6.54 Å². The highest BCUT2D eigenvalue weighted by molar-refractivity contribution is 9.10. The van der Waals surface area contributed by atoms with Crippen LogP contribution in [0, 0.1) is 0 Å². The maximum atomic E-state index is 10.8. The molecule has 0 aliphatic carbocycles. The number of aryl methyl sites for hydroxylation is 1. The molecule has 1 rings (SSSR count). The van der Waals surface area contributed by atoms with Gasteiger partial charge in [0.2, 0.25) is 5.91 Å². The minimum absolute atomic E-state index is 0.0160. The van der Waals surface area contributed by atoms with Gasteiger partial charge >= 0.3 is 0 Å². The third-order valence-electron chi connectivity index (χ3n) is 1.45. The minimum Gasteiger partial charge on any atom is -0.351 e. The number of amides is 1. The average molecular weight is 267 g/mol. The zero-order valence-electron chi connectivity index (χ0n) is 7.05. The van der Waals surface area contributed by atoms with E-state index in [4.69, 9.17) is 11.6 Å². The van der Waals surface area contributed by atoms with Gasteiger partial charge in [-0.1, -0.05) is 0 Å². The van der Waals surface area contributed by atoms with Gasteiger partial charge in [-0.25, -0.2) is 0 Å². The molecule has 0 spiro atoms. The molecule has 0 atom stereocenters. The van der Waals surface area contributed by atoms with Crippen LogP contribution in [0.4, 0.5) is 0 Å². The van der Waals surface area contributed by atoms with Crippen molar-refractivity contribution in [3.8, 4) is 0 Å². The molecular weight excluding hydrogens is 257 g/mol. The monoisotopic (exact) mass is 265 g/mol. The van der Waals surface area contributed by atoms with Crippen molar-refractivity contribution in [2.24, 2.45) is 7.05 Å². The van der Waals surface area contributed by atoms with E-state index in [2.05, 4.69) is 26.3 Å². The van der Waals surface area contributed by atoms with Gasteiger partial charge in [-0.3, -0.25) is 9.48 Å². The first kappa shape index (κ1) is 10.5. The van der Waals surface area contributed by atoms with E-state index < -0.39 is 0 Å². The van der Waals surface area contributed by atoms with E-state index >= 15 is 0 Å². The van der Waals surface area contributed by atoms with Crippen LogP contribution in [0.25, 0.3) is 0 Å². The van der Waals surface area contributed by atoms with Gasteiger partial charge in [0.15, 0.2) is 0 Å². The number of halogens is 2. The molecule has 0 aliphatic rings. The van der Waals surface area contributed by atoms with Crippen LogP contribution in [-0.2, 0) is 18.4 Å². The Morgan fingerprint density at radius 2 is 2.54 bits per heavy atom. The minimum atomic E-state index is -0.183. The number of nitrogens with zero attached hydrogens (tertiary/aromatic N) is 2. The van der Waals surface area contributed by atoms with Crippen LogP contribution in [0.1, 0.15) is 5.56 Å². The second kappa shape index (κ2) is 4.62. The molecule has 0 fully saturated rings. The predicted octanol–water partition coefficient (Wildman–Crippen LogP) is 1.04. The van der Waals surface area contributed by atoms with Crippen molar-refractivity contribution in [2.45, 2.75) is 6.54 Å². The number of carbonyl (C=O) groups excluding carboxylic acids is 1. The molecule has 13 heavy (non-hydrogen) atoms. The van der Waals surface area contributed by atoms with Crippen LogP contribution in [0.3, 0.4) is 0 Å². The molecule has 0 aromatic carbocycles. The van der Waals surface area contributed by atoms with Gasteiger partial charge in [0.05, 0.1) is 0 Å². The number of hydrogen-bond acceptors (Lipinski definition) is 2. The lowest BCUT2D eigenvalue weighted by Crippen LogP contribution is -2.23. The van der Waals surface area contributed by atoms with Crippen molar-refractivity contribution in [1.29, 1.82) is 0 Å². The third kappa shape index (κ3) is 3.00. The highest BCUT2D eigenvalue weighted by Crippen LogP contribution is 2.12. The number of carbonyl (C=O) groups is 1. The Labute approximate surface area is 89.4 Å². The summed E-state index contributed by atoms with van der Waals surface area (Å²) in [5, 5.41) is 6.71. The van der Waals surface area contributed by atoms with Crippen molar-refractivity contribution >= 4 is 33.4 Å². The molecule has 1 N–H and O–H groups in total. The maximum absolute atomic E-state index is 10.8. The SMILES string of the molecule is Cn1cc(CNC(=O)CCl)c(Br)n1. The van der Waals surface area contributed by atoms with Crippen molar-refractivity contribution in [3.05, 3.63) is 16.4 Å². The van der Waals surface area contributed by atoms with Crippen LogP contribution in [0.2, 0.25) is 0 Å². The first-order chi connectivity index (χ1) is 6.13. The molecule has 4 nitrogen and oxygen atoms in total. The highest BCUT2D eigenvalue weighted by atomic mass is 79.9. The molecule has 72 valence electrons. The summed E-state index contributed by atoms with van der Waals surface area (Å²) in [6, 6.07) is 0. The Hall–Kier alpha value is -0.550. The first-order valence-corrected chi connectivity index (χ1v) is 4.97. The Balaban J connectivity index is 2.54. The van der Waals surface area contributed by atoms with Crippen molar-refractivity contribution in [2.75, 3.05) is 5.88 Å². The van der Waals surface area contributed by atoms with Crippen LogP contribution < -0.4 is 5.32 Å². The molecule has 1 aromatic rings. The van der Waals surface area contributed by atoms with Gasteiger partial charge in [-0.15, -0.1) is 11.6 Å². The Kier molecular flexibility index (Phi) is 3.74. The van der Waals surface area contributed by atoms with Crippen LogP contribution >= 0.6 is 27.5 Å². The third-order valence-corrected chi connectivity index (χ3v) is 2.36. The van der Waals surface area contributed by atoms with E-state index in [0.717, 1.165) is 10.2 Å². The van der Waals surface area contributed by atoms with Crippen LogP contribution in [-0.4, -0.2) is 21.6 Å². The fourth-order valence-electron chi connectivity index (χ4n) is 0.870. The standard InChI is InChI=1S/C7H9BrClN3O/c1-12-4-5(7(8)11-12)3-10-6(13)2-9/h4H,2-3H2,1H3,(H,10,13). The van der Waals surface area contributed by atoms with Crippen LogP contribution in [0.5, 0.6) is 0 Å². The Morgan fingerprint density at radius 1 is 1.85 bits per heavy atom. The van der Waals surface area contributed by atoms with Crippen molar-refractivity contribution < 1.29 is 4.79 Å². The molecule has 0 aliphatic heterocycles. The molecule has 0 unspecified atom stereocenters. The summed E-state index contributed by atoms with van der Waals surface area (Å²) < 4.78 is 2.41. The second-order valence-electron chi connectivity index (χ2n) is 2.53. The van der Waals surface area contributed by atoms with Gasteiger partial charge in [-0.05, 0) is 15.9 Å². The highest BCUT2D eigenvalue weighted by Gasteiger charge is 2.05. The number of aromatic nitrogens is 2. The molecule has 1 amide bonds. The lowest BCUT2D eigenvalue weighted by molar-refractivity contribution is -0.118. The summed E-state index contributed by atoms with van der Waals surface area (Å²) in [5.41, 5.74) is 0.931. The number of alkyl halides is 1. The summed E-state index contributed by atoms with van der Waals surface area (Å²) in [6.45, 7) is 0.444. The van der Waals surface area contributed by atoms with Gasteiger partial charge in [0.1, 0.15) is 10.5 Å². The van der Waals surface area contributed by atoms with Gasteiger partial charge < -0.3 is 5.32 Å². The lowest BCUT2D eigenvalue weighted by Gasteiger charge is -1.99. The average Bonchev–Trinajstić information content (AvgIpc) is 2.41. The summed E-state index contributed by atoms with van der Waals surface area (Å²) >= 11 is 8.59. The van der Waals surface area contributed by atoms with Crippen molar-refractivity contribution in [3.63, 3.8) is 0 Å². The summed E-state index contributed by atoms with van der Waals surface area (Å²) in [7, 11) is 1.82. The van der Waals surface area contributed by atoms with Crippen LogP contribution in [0.15, 0.2) is 10.8 Å². The predicted molar refractivity (Wildman–Crippen MR) is 53.5 cm³/mol. The summed E-state index contributed by atoms with van der Waals surface area (Å²) in [6.07, 6.45) is 1.83. The van der Waals surface area contributed by atoms with Gasteiger partial charge in [0, 0.05) is 25.4 Å². The number of nitrogens with one attached hydrogen (secondary N) is 1. The zero-order valence-corrected chi connectivity index (χ0v) is 9.39. The molecule has 0 saturated carbocycles. The number of rotatable bonds is 3. The molecular formula is C7H9BrClN3O. The van der Waals surface area contributed by atoms with Gasteiger partial charge in [0.25, 0.3) is 0 Å². The molecule has 6 heteroatoms. The van der Waals surface area contributed by atoms with Crippen molar-refractivity contribution in [1.82, 2.24) is 15.1 Å². The summed E-state index contributed by atoms with van der Waals surface area (Å²) in [4.78, 5) is 10.8. The van der Waals surface area contributed by atoms with E-state index in [1.54, 1.807) is 4.68 Å². The van der Waals surface area contributed by atoms with E-state index in [1.807, 2.05) is 13.2 Å². The molecule has 0 radical (unpaired) electrons. The largest absolute Gasteiger partial charge is 0.351 e. The molecule has 1 heterocycles. The maximum Gasteiger partial charge on any atom is 0.235 e. The fraction of sp³-hybridized carbons (Fsp3) is 0.429. The number of hydrogen-bond donors (Lipinski definition) is 1. The normalized spacial score (nSPS) is 10.1. The van der Waals surface area contributed by atoms with Gasteiger partial charge in [-0.2, -0.15) is 5.10 Å². The lowest BCUT2D eigenvalue weighted by atomic mass is 10.3. The molecule has 1 aromatic heterocycles. The molecule has 0 saturated heterocycles. The van der Waals surface area contributed by atoms with E-state index in [-0.39, 0.29) is 11.8 Å². The fourth-order valence-corrected chi connectivity index (χ4v) is 1.46. The topological polar surface area (TPSA) is 46.9 Å². The molecule has 0 bridgehead atoms. The first-order valence-electron chi connectivity index (χ1n) is 3.64. The van der Waals surface area contributed by atoms with E-state index in [1.165, 1.54) is 0 Å². The smallest absolute Gasteiger partial charge is 0.235 e. The zero-order chi connectivity index (χ0) is 9.84. The Morgan fingerprint density at radius 3 is 3.00 bits per heavy atom. The quantitative estimate of drug-likeness (QED) is 0.831.